The van der Waals surface area contributed by atoms with Gasteiger partial charge in [-0.25, -0.2) is 0 Å². The van der Waals surface area contributed by atoms with Gasteiger partial charge < -0.3 is 24.2 Å². The Bertz CT molecular complexity index is 1280. The maximum Gasteiger partial charge on any atom is 0.295 e. The van der Waals surface area contributed by atoms with Crippen LogP contribution < -0.4 is 14.2 Å². The van der Waals surface area contributed by atoms with Gasteiger partial charge in [0, 0.05) is 16.6 Å². The average Bonchev–Trinajstić information content (AvgIpc) is 3.13. The third kappa shape index (κ3) is 4.74. The summed E-state index contributed by atoms with van der Waals surface area (Å²) in [6.45, 7) is 0.157. The van der Waals surface area contributed by atoms with E-state index < -0.39 is 17.7 Å². The first-order chi connectivity index (χ1) is 16.9. The van der Waals surface area contributed by atoms with Crippen LogP contribution in [0.3, 0.4) is 0 Å². The van der Waals surface area contributed by atoms with Gasteiger partial charge in [-0.1, -0.05) is 46.3 Å². The highest BCUT2D eigenvalue weighted by atomic mass is 79.9. The molecule has 1 unspecified atom stereocenters. The van der Waals surface area contributed by atoms with Crippen molar-refractivity contribution in [3.8, 4) is 17.2 Å². The number of carbonyl (C=O) groups excluding carboxylic acids is 2. The van der Waals surface area contributed by atoms with Gasteiger partial charge in [0.1, 0.15) is 11.5 Å². The topological polar surface area (TPSA) is 85.3 Å². The van der Waals surface area contributed by atoms with Gasteiger partial charge in [0.15, 0.2) is 11.5 Å². The zero-order chi connectivity index (χ0) is 25.1. The fourth-order valence-electron chi connectivity index (χ4n) is 4.10. The quantitative estimate of drug-likeness (QED) is 0.256. The van der Waals surface area contributed by atoms with Crippen LogP contribution in [0, 0.1) is 0 Å². The average molecular weight is 538 g/mol. The number of rotatable bonds is 7. The zero-order valence-corrected chi connectivity index (χ0v) is 21.0. The number of Topliss-reactive ketones (excluding diaryl/α,β-unsaturated/α-hetero) is 1. The fourth-order valence-corrected chi connectivity index (χ4v) is 4.37. The van der Waals surface area contributed by atoms with Crippen molar-refractivity contribution in [1.82, 2.24) is 4.90 Å². The second kappa shape index (κ2) is 10.2. The number of aliphatic hydroxyl groups excluding tert-OH is 1. The van der Waals surface area contributed by atoms with E-state index in [1.54, 1.807) is 61.7 Å². The third-order valence-electron chi connectivity index (χ3n) is 5.89. The first kappa shape index (κ1) is 24.3. The second-order valence-corrected chi connectivity index (χ2v) is 8.81. The van der Waals surface area contributed by atoms with E-state index in [0.717, 1.165) is 10.0 Å². The number of hydrogen-bond acceptors (Lipinski definition) is 6. The molecule has 180 valence electrons. The summed E-state index contributed by atoms with van der Waals surface area (Å²) in [6, 6.07) is 18.5. The Morgan fingerprint density at radius 2 is 1.54 bits per heavy atom. The van der Waals surface area contributed by atoms with E-state index in [2.05, 4.69) is 15.9 Å². The number of likely N-dealkylation sites (tertiary alicyclic amines) is 1. The van der Waals surface area contributed by atoms with Crippen LogP contribution in [0.25, 0.3) is 5.76 Å². The smallest absolute Gasteiger partial charge is 0.295 e. The number of halogens is 1. The number of methoxy groups -OCH3 is 3. The van der Waals surface area contributed by atoms with Crippen molar-refractivity contribution in [1.29, 1.82) is 0 Å². The van der Waals surface area contributed by atoms with Crippen LogP contribution in [-0.4, -0.2) is 43.0 Å². The van der Waals surface area contributed by atoms with Gasteiger partial charge in [-0.05, 0) is 47.5 Å². The van der Waals surface area contributed by atoms with E-state index in [1.165, 1.54) is 19.1 Å². The van der Waals surface area contributed by atoms with Crippen LogP contribution in [0.2, 0.25) is 0 Å². The van der Waals surface area contributed by atoms with E-state index in [-0.39, 0.29) is 17.9 Å². The predicted molar refractivity (Wildman–Crippen MR) is 135 cm³/mol. The number of benzene rings is 3. The molecule has 35 heavy (non-hydrogen) atoms. The van der Waals surface area contributed by atoms with E-state index in [9.17, 15) is 14.7 Å². The molecule has 1 atom stereocenters. The van der Waals surface area contributed by atoms with Crippen molar-refractivity contribution in [2.24, 2.45) is 0 Å². The van der Waals surface area contributed by atoms with Crippen LogP contribution in [-0.2, 0) is 16.1 Å². The molecular weight excluding hydrogens is 514 g/mol. The normalized spacial score (nSPS) is 16.9. The van der Waals surface area contributed by atoms with Gasteiger partial charge in [0.25, 0.3) is 11.7 Å². The molecule has 3 aromatic carbocycles. The highest BCUT2D eigenvalue weighted by Gasteiger charge is 2.46. The monoisotopic (exact) mass is 537 g/mol. The highest BCUT2D eigenvalue weighted by Crippen LogP contribution is 2.42. The summed E-state index contributed by atoms with van der Waals surface area (Å²) in [6.07, 6.45) is 0. The molecule has 7 nitrogen and oxygen atoms in total. The molecule has 0 spiro atoms. The van der Waals surface area contributed by atoms with E-state index in [4.69, 9.17) is 14.2 Å². The summed E-state index contributed by atoms with van der Waals surface area (Å²) in [7, 11) is 4.62. The van der Waals surface area contributed by atoms with Gasteiger partial charge in [0.05, 0.1) is 32.9 Å². The first-order valence-electron chi connectivity index (χ1n) is 10.8. The molecule has 1 amide bonds. The molecule has 0 aliphatic carbocycles. The fraction of sp³-hybridized carbons (Fsp3) is 0.185. The number of amides is 1. The zero-order valence-electron chi connectivity index (χ0n) is 19.4. The number of hydrogen-bond donors (Lipinski definition) is 1. The molecule has 1 aliphatic rings. The van der Waals surface area contributed by atoms with Crippen LogP contribution >= 0.6 is 15.9 Å². The Hall–Kier alpha value is -3.78. The molecule has 1 saturated heterocycles. The van der Waals surface area contributed by atoms with Gasteiger partial charge in [-0.2, -0.15) is 0 Å². The molecule has 3 aromatic rings. The third-order valence-corrected chi connectivity index (χ3v) is 6.42. The highest BCUT2D eigenvalue weighted by molar-refractivity contribution is 9.10. The van der Waals surface area contributed by atoms with Crippen molar-refractivity contribution in [3.05, 3.63) is 93.5 Å². The van der Waals surface area contributed by atoms with Crippen molar-refractivity contribution >= 4 is 33.4 Å². The predicted octanol–water partition coefficient (Wildman–Crippen LogP) is 5.10. The van der Waals surface area contributed by atoms with Gasteiger partial charge in [0.2, 0.25) is 0 Å². The molecule has 1 N–H and O–H groups in total. The molecule has 0 bridgehead atoms. The summed E-state index contributed by atoms with van der Waals surface area (Å²) < 4.78 is 16.8. The minimum absolute atomic E-state index is 0.0121. The Balaban J connectivity index is 1.86. The molecule has 8 heteroatoms. The van der Waals surface area contributed by atoms with Crippen molar-refractivity contribution in [3.63, 3.8) is 0 Å². The lowest BCUT2D eigenvalue weighted by atomic mass is 9.95. The number of carbonyl (C=O) groups is 2. The SMILES string of the molecule is COc1ccc(CN2C(=O)C(=O)/C(=C(\O)c3ccc(Br)cc3)C2c2ccc(OC)c(OC)c2)cc1. The Morgan fingerprint density at radius 1 is 0.886 bits per heavy atom. The minimum Gasteiger partial charge on any atom is -0.507 e. The van der Waals surface area contributed by atoms with Crippen LogP contribution in [0.4, 0.5) is 0 Å². The molecule has 1 fully saturated rings. The summed E-state index contributed by atoms with van der Waals surface area (Å²) in [4.78, 5) is 27.9. The maximum atomic E-state index is 13.3. The number of nitrogens with zero attached hydrogens (tertiary/aromatic N) is 1. The van der Waals surface area contributed by atoms with Crippen LogP contribution in [0.1, 0.15) is 22.7 Å². The number of ketones is 1. The van der Waals surface area contributed by atoms with Crippen molar-refractivity contribution in [2.75, 3.05) is 21.3 Å². The van der Waals surface area contributed by atoms with E-state index in [0.29, 0.717) is 28.4 Å². The molecule has 0 radical (unpaired) electrons. The summed E-state index contributed by atoms with van der Waals surface area (Å²) >= 11 is 3.37. The number of aliphatic hydroxyl groups is 1. The largest absolute Gasteiger partial charge is 0.507 e. The van der Waals surface area contributed by atoms with Crippen LogP contribution in [0.15, 0.2) is 76.8 Å². The maximum absolute atomic E-state index is 13.3. The summed E-state index contributed by atoms with van der Waals surface area (Å²) in [5.74, 6) is -0.0479. The second-order valence-electron chi connectivity index (χ2n) is 7.90. The molecule has 1 aliphatic heterocycles. The standard InChI is InChI=1S/C27H24BrNO6/c1-33-20-11-4-16(5-12-20)15-29-24(18-8-13-21(34-2)22(14-18)35-3)23(26(31)27(29)32)25(30)17-6-9-19(28)10-7-17/h4-14,24,30H,15H2,1-3H3/b25-23-. The Kier molecular flexibility index (Phi) is 7.12. The molecule has 4 rings (SSSR count). The molecule has 0 aromatic heterocycles. The Labute approximate surface area is 211 Å². The van der Waals surface area contributed by atoms with Crippen molar-refractivity contribution < 1.29 is 28.9 Å². The van der Waals surface area contributed by atoms with Gasteiger partial charge in [-0.3, -0.25) is 9.59 Å². The van der Waals surface area contributed by atoms with E-state index in [1.807, 2.05) is 12.1 Å². The van der Waals surface area contributed by atoms with Gasteiger partial charge >= 0.3 is 0 Å². The van der Waals surface area contributed by atoms with Crippen molar-refractivity contribution in [2.45, 2.75) is 12.6 Å². The molecular formula is C27H24BrNO6. The van der Waals surface area contributed by atoms with Gasteiger partial charge in [-0.15, -0.1) is 0 Å². The summed E-state index contributed by atoms with van der Waals surface area (Å²) in [5, 5.41) is 11.2. The minimum atomic E-state index is -0.833. The summed E-state index contributed by atoms with van der Waals surface area (Å²) in [5.41, 5.74) is 1.86. The molecule has 1 heterocycles. The van der Waals surface area contributed by atoms with Crippen LogP contribution in [0.5, 0.6) is 17.2 Å². The molecule has 0 saturated carbocycles. The Morgan fingerprint density at radius 3 is 2.14 bits per heavy atom. The van der Waals surface area contributed by atoms with E-state index >= 15 is 0 Å². The number of ether oxygens (including phenoxy) is 3. The lowest BCUT2D eigenvalue weighted by molar-refractivity contribution is -0.140. The lowest BCUT2D eigenvalue weighted by Crippen LogP contribution is -2.29. The first-order valence-corrected chi connectivity index (χ1v) is 11.6. The lowest BCUT2D eigenvalue weighted by Gasteiger charge is -2.26.